The van der Waals surface area contributed by atoms with E-state index in [0.29, 0.717) is 19.3 Å². The lowest BCUT2D eigenvalue weighted by atomic mass is 9.85. The van der Waals surface area contributed by atoms with E-state index in [1.54, 1.807) is 0 Å². The lowest BCUT2D eigenvalue weighted by molar-refractivity contribution is -0.143. The SMILES string of the molecule is CC[C@@H](N)C(=O)NC1CCCC(C(=O)O)C1. The molecule has 0 aromatic rings. The summed E-state index contributed by atoms with van der Waals surface area (Å²) in [6.07, 6.45) is 3.54. The van der Waals surface area contributed by atoms with E-state index in [0.717, 1.165) is 12.8 Å². The van der Waals surface area contributed by atoms with E-state index in [1.165, 1.54) is 0 Å². The predicted molar refractivity (Wildman–Crippen MR) is 59.8 cm³/mol. The van der Waals surface area contributed by atoms with Gasteiger partial charge in [-0.1, -0.05) is 13.3 Å². The Morgan fingerprint density at radius 2 is 2.19 bits per heavy atom. The summed E-state index contributed by atoms with van der Waals surface area (Å²) in [6, 6.07) is -0.509. The Kier molecular flexibility index (Phi) is 4.73. The molecule has 92 valence electrons. The van der Waals surface area contributed by atoms with Crippen molar-refractivity contribution < 1.29 is 14.7 Å². The number of nitrogens with one attached hydrogen (secondary N) is 1. The smallest absolute Gasteiger partial charge is 0.306 e. The highest BCUT2D eigenvalue weighted by molar-refractivity contribution is 5.81. The molecule has 4 N–H and O–H groups in total. The highest BCUT2D eigenvalue weighted by Gasteiger charge is 2.28. The number of hydrogen-bond acceptors (Lipinski definition) is 3. The molecular weight excluding hydrogens is 208 g/mol. The minimum Gasteiger partial charge on any atom is -0.481 e. The molecule has 16 heavy (non-hydrogen) atoms. The van der Waals surface area contributed by atoms with Crippen LogP contribution in [0.5, 0.6) is 0 Å². The summed E-state index contributed by atoms with van der Waals surface area (Å²) in [5.41, 5.74) is 5.60. The number of rotatable bonds is 4. The zero-order valence-electron chi connectivity index (χ0n) is 9.61. The Hall–Kier alpha value is -1.10. The van der Waals surface area contributed by atoms with Gasteiger partial charge >= 0.3 is 5.97 Å². The van der Waals surface area contributed by atoms with Gasteiger partial charge in [-0.25, -0.2) is 0 Å². The minimum atomic E-state index is -0.765. The molecule has 0 saturated heterocycles. The third kappa shape index (κ3) is 3.48. The molecule has 5 nitrogen and oxygen atoms in total. The number of nitrogens with two attached hydrogens (primary N) is 1. The van der Waals surface area contributed by atoms with E-state index in [9.17, 15) is 9.59 Å². The van der Waals surface area contributed by atoms with Gasteiger partial charge in [0.15, 0.2) is 0 Å². The van der Waals surface area contributed by atoms with Crippen LogP contribution in [0.3, 0.4) is 0 Å². The van der Waals surface area contributed by atoms with Crippen LogP contribution in [0.25, 0.3) is 0 Å². The molecule has 0 bridgehead atoms. The van der Waals surface area contributed by atoms with Crippen molar-refractivity contribution in [3.05, 3.63) is 0 Å². The minimum absolute atomic E-state index is 0.0278. The van der Waals surface area contributed by atoms with Crippen molar-refractivity contribution in [3.8, 4) is 0 Å². The van der Waals surface area contributed by atoms with Crippen LogP contribution < -0.4 is 11.1 Å². The van der Waals surface area contributed by atoms with Gasteiger partial charge < -0.3 is 16.2 Å². The highest BCUT2D eigenvalue weighted by atomic mass is 16.4. The first-order chi connectivity index (χ1) is 7.54. The number of amides is 1. The van der Waals surface area contributed by atoms with Crippen molar-refractivity contribution in [2.45, 2.75) is 51.1 Å². The van der Waals surface area contributed by atoms with Crippen molar-refractivity contribution in [1.29, 1.82) is 0 Å². The van der Waals surface area contributed by atoms with Crippen molar-refractivity contribution >= 4 is 11.9 Å². The summed E-state index contributed by atoms with van der Waals surface area (Å²) in [7, 11) is 0. The first kappa shape index (κ1) is 13.0. The molecule has 1 aliphatic carbocycles. The fourth-order valence-corrected chi connectivity index (χ4v) is 2.04. The Morgan fingerprint density at radius 3 is 2.75 bits per heavy atom. The molecule has 1 fully saturated rings. The van der Waals surface area contributed by atoms with Crippen molar-refractivity contribution in [1.82, 2.24) is 5.32 Å². The molecule has 0 heterocycles. The number of aliphatic carboxylic acids is 1. The van der Waals surface area contributed by atoms with Gasteiger partial charge in [-0.2, -0.15) is 0 Å². The topological polar surface area (TPSA) is 92.4 Å². The van der Waals surface area contributed by atoms with Crippen molar-refractivity contribution in [2.24, 2.45) is 11.7 Å². The normalized spacial score (nSPS) is 27.1. The molecule has 3 atom stereocenters. The van der Waals surface area contributed by atoms with E-state index >= 15 is 0 Å². The number of carbonyl (C=O) groups is 2. The molecule has 0 radical (unpaired) electrons. The molecule has 5 heteroatoms. The summed E-state index contributed by atoms with van der Waals surface area (Å²) in [5, 5.41) is 11.7. The summed E-state index contributed by atoms with van der Waals surface area (Å²) < 4.78 is 0. The standard InChI is InChI=1S/C11H20N2O3/c1-2-9(12)10(14)13-8-5-3-4-7(6-8)11(15)16/h7-9H,2-6,12H2,1H3,(H,13,14)(H,15,16)/t7?,8?,9-/m1/s1. The number of hydrogen-bond donors (Lipinski definition) is 3. The van der Waals surface area contributed by atoms with Crippen LogP contribution in [-0.4, -0.2) is 29.1 Å². The van der Waals surface area contributed by atoms with Gasteiger partial charge in [0.25, 0.3) is 0 Å². The van der Waals surface area contributed by atoms with Crippen LogP contribution >= 0.6 is 0 Å². The second-order valence-electron chi connectivity index (χ2n) is 4.42. The first-order valence-corrected chi connectivity index (χ1v) is 5.83. The Balaban J connectivity index is 2.43. The third-order valence-electron chi connectivity index (χ3n) is 3.15. The Labute approximate surface area is 95.4 Å². The van der Waals surface area contributed by atoms with Gasteiger partial charge in [0, 0.05) is 6.04 Å². The molecular formula is C11H20N2O3. The zero-order valence-corrected chi connectivity index (χ0v) is 9.61. The van der Waals surface area contributed by atoms with Gasteiger partial charge in [-0.3, -0.25) is 9.59 Å². The van der Waals surface area contributed by atoms with Crippen molar-refractivity contribution in [3.63, 3.8) is 0 Å². The van der Waals surface area contributed by atoms with Crippen LogP contribution in [-0.2, 0) is 9.59 Å². The first-order valence-electron chi connectivity index (χ1n) is 5.83. The van der Waals surface area contributed by atoms with E-state index in [1.807, 2.05) is 6.92 Å². The van der Waals surface area contributed by atoms with Gasteiger partial charge in [0.05, 0.1) is 12.0 Å². The summed E-state index contributed by atoms with van der Waals surface area (Å²) in [5.74, 6) is -1.26. The number of carboxylic acids is 1. The van der Waals surface area contributed by atoms with E-state index in [-0.39, 0.29) is 17.9 Å². The molecule has 0 aromatic carbocycles. The molecule has 1 rings (SSSR count). The largest absolute Gasteiger partial charge is 0.481 e. The Morgan fingerprint density at radius 1 is 1.50 bits per heavy atom. The van der Waals surface area contributed by atoms with E-state index in [4.69, 9.17) is 10.8 Å². The van der Waals surface area contributed by atoms with Crippen molar-refractivity contribution in [2.75, 3.05) is 0 Å². The summed E-state index contributed by atoms with van der Waals surface area (Å²) in [6.45, 7) is 1.85. The van der Waals surface area contributed by atoms with Gasteiger partial charge in [0.1, 0.15) is 0 Å². The van der Waals surface area contributed by atoms with Crippen LogP contribution in [0.4, 0.5) is 0 Å². The second-order valence-corrected chi connectivity index (χ2v) is 4.42. The van der Waals surface area contributed by atoms with Gasteiger partial charge in [0.2, 0.25) is 5.91 Å². The second kappa shape index (κ2) is 5.84. The molecule has 0 spiro atoms. The molecule has 2 unspecified atom stereocenters. The van der Waals surface area contributed by atoms with Crippen LogP contribution in [0.15, 0.2) is 0 Å². The quantitative estimate of drug-likeness (QED) is 0.652. The molecule has 1 aliphatic rings. The van der Waals surface area contributed by atoms with Crippen LogP contribution in [0.2, 0.25) is 0 Å². The lowest BCUT2D eigenvalue weighted by Gasteiger charge is -2.28. The monoisotopic (exact) mass is 228 g/mol. The maximum Gasteiger partial charge on any atom is 0.306 e. The van der Waals surface area contributed by atoms with Crippen LogP contribution in [0.1, 0.15) is 39.0 Å². The fraction of sp³-hybridized carbons (Fsp3) is 0.818. The van der Waals surface area contributed by atoms with Gasteiger partial charge in [-0.05, 0) is 25.7 Å². The molecule has 1 amide bonds. The summed E-state index contributed by atoms with van der Waals surface area (Å²) in [4.78, 5) is 22.4. The predicted octanol–water partition coefficient (Wildman–Crippen LogP) is 0.483. The lowest BCUT2D eigenvalue weighted by Crippen LogP contribution is -2.47. The van der Waals surface area contributed by atoms with Gasteiger partial charge in [-0.15, -0.1) is 0 Å². The van der Waals surface area contributed by atoms with E-state index in [2.05, 4.69) is 5.32 Å². The molecule has 0 aliphatic heterocycles. The molecule has 1 saturated carbocycles. The summed E-state index contributed by atoms with van der Waals surface area (Å²) >= 11 is 0. The maximum atomic E-state index is 11.5. The zero-order chi connectivity index (χ0) is 12.1. The van der Waals surface area contributed by atoms with E-state index < -0.39 is 12.0 Å². The molecule has 0 aromatic heterocycles. The number of carboxylic acid groups (broad SMARTS) is 1. The Bertz CT molecular complexity index is 268. The average molecular weight is 228 g/mol. The average Bonchev–Trinajstić information content (AvgIpc) is 2.28. The highest BCUT2D eigenvalue weighted by Crippen LogP contribution is 2.24. The van der Waals surface area contributed by atoms with Crippen LogP contribution in [0, 0.1) is 5.92 Å². The third-order valence-corrected chi connectivity index (χ3v) is 3.15. The fourth-order valence-electron chi connectivity index (χ4n) is 2.04. The maximum absolute atomic E-state index is 11.5. The number of carbonyl (C=O) groups excluding carboxylic acids is 1.